The van der Waals surface area contributed by atoms with E-state index in [1.165, 1.54) is 11.1 Å². The van der Waals surface area contributed by atoms with Gasteiger partial charge in [0.2, 0.25) is 0 Å². The fourth-order valence-electron chi connectivity index (χ4n) is 2.09. The summed E-state index contributed by atoms with van der Waals surface area (Å²) in [5.41, 5.74) is 2.53. The summed E-state index contributed by atoms with van der Waals surface area (Å²) >= 11 is 0. The first-order valence-corrected chi connectivity index (χ1v) is 7.12. The molecule has 0 amide bonds. The molecule has 2 heterocycles. The molecule has 0 aromatic carbocycles. The SMILES string of the molecule is CCNc1ccc(CN(CC)Cc2ccncc2)cn1. The van der Waals surface area contributed by atoms with E-state index in [0.717, 1.165) is 32.0 Å². The van der Waals surface area contributed by atoms with Crippen molar-refractivity contribution in [1.29, 1.82) is 0 Å². The summed E-state index contributed by atoms with van der Waals surface area (Å²) in [6.07, 6.45) is 5.64. The maximum absolute atomic E-state index is 4.42. The lowest BCUT2D eigenvalue weighted by atomic mass is 10.2. The van der Waals surface area contributed by atoms with E-state index in [9.17, 15) is 0 Å². The number of nitrogens with zero attached hydrogens (tertiary/aromatic N) is 3. The molecule has 0 unspecified atom stereocenters. The van der Waals surface area contributed by atoms with Gasteiger partial charge in [0.05, 0.1) is 0 Å². The number of pyridine rings is 2. The summed E-state index contributed by atoms with van der Waals surface area (Å²) < 4.78 is 0. The molecular formula is C16H22N4. The van der Waals surface area contributed by atoms with Crippen molar-refractivity contribution in [1.82, 2.24) is 14.9 Å². The van der Waals surface area contributed by atoms with Crippen LogP contribution >= 0.6 is 0 Å². The van der Waals surface area contributed by atoms with Crippen molar-refractivity contribution in [2.24, 2.45) is 0 Å². The summed E-state index contributed by atoms with van der Waals surface area (Å²) in [4.78, 5) is 10.9. The lowest BCUT2D eigenvalue weighted by Crippen LogP contribution is -2.22. The van der Waals surface area contributed by atoms with Crippen molar-refractivity contribution in [2.75, 3.05) is 18.4 Å². The Hall–Kier alpha value is -1.94. The molecule has 4 heteroatoms. The van der Waals surface area contributed by atoms with Crippen LogP contribution in [0.25, 0.3) is 0 Å². The average molecular weight is 270 g/mol. The second kappa shape index (κ2) is 7.60. The number of anilines is 1. The van der Waals surface area contributed by atoms with E-state index in [4.69, 9.17) is 0 Å². The predicted molar refractivity (Wildman–Crippen MR) is 82.4 cm³/mol. The Bertz CT molecular complexity index is 496. The largest absolute Gasteiger partial charge is 0.370 e. The molecule has 0 saturated carbocycles. The molecule has 0 atom stereocenters. The quantitative estimate of drug-likeness (QED) is 0.840. The van der Waals surface area contributed by atoms with Gasteiger partial charge in [0.15, 0.2) is 0 Å². The molecule has 0 aliphatic heterocycles. The minimum atomic E-state index is 0.898. The van der Waals surface area contributed by atoms with E-state index < -0.39 is 0 Å². The molecular weight excluding hydrogens is 248 g/mol. The topological polar surface area (TPSA) is 41.0 Å². The Kier molecular flexibility index (Phi) is 5.50. The Morgan fingerprint density at radius 1 is 1.00 bits per heavy atom. The average Bonchev–Trinajstić information content (AvgIpc) is 2.50. The van der Waals surface area contributed by atoms with Gasteiger partial charge in [0.25, 0.3) is 0 Å². The fourth-order valence-corrected chi connectivity index (χ4v) is 2.09. The highest BCUT2D eigenvalue weighted by Gasteiger charge is 2.05. The number of hydrogen-bond donors (Lipinski definition) is 1. The Balaban J connectivity index is 1.95. The van der Waals surface area contributed by atoms with E-state index in [0.29, 0.717) is 0 Å². The van der Waals surface area contributed by atoms with E-state index >= 15 is 0 Å². The van der Waals surface area contributed by atoms with E-state index in [1.54, 1.807) is 0 Å². The van der Waals surface area contributed by atoms with Crippen LogP contribution in [-0.4, -0.2) is 28.0 Å². The first-order chi connectivity index (χ1) is 9.81. The highest BCUT2D eigenvalue weighted by Crippen LogP contribution is 2.10. The van der Waals surface area contributed by atoms with Crippen molar-refractivity contribution in [3.8, 4) is 0 Å². The smallest absolute Gasteiger partial charge is 0.125 e. The first-order valence-electron chi connectivity index (χ1n) is 7.12. The molecule has 2 aromatic heterocycles. The molecule has 0 aliphatic carbocycles. The van der Waals surface area contributed by atoms with Crippen LogP contribution in [0.1, 0.15) is 25.0 Å². The highest BCUT2D eigenvalue weighted by atomic mass is 15.1. The molecule has 0 bridgehead atoms. The maximum atomic E-state index is 4.42. The van der Waals surface area contributed by atoms with Gasteiger partial charge in [0.1, 0.15) is 5.82 Å². The van der Waals surface area contributed by atoms with Gasteiger partial charge in [-0.1, -0.05) is 13.0 Å². The van der Waals surface area contributed by atoms with Gasteiger partial charge in [-0.2, -0.15) is 0 Å². The third kappa shape index (κ3) is 4.31. The van der Waals surface area contributed by atoms with Crippen LogP contribution in [0, 0.1) is 0 Å². The molecule has 20 heavy (non-hydrogen) atoms. The third-order valence-electron chi connectivity index (χ3n) is 3.19. The monoisotopic (exact) mass is 270 g/mol. The molecule has 106 valence electrons. The van der Waals surface area contributed by atoms with Gasteiger partial charge in [-0.05, 0) is 42.8 Å². The zero-order chi connectivity index (χ0) is 14.2. The molecule has 2 aromatic rings. The van der Waals surface area contributed by atoms with Crippen molar-refractivity contribution < 1.29 is 0 Å². The van der Waals surface area contributed by atoms with Gasteiger partial charge in [-0.25, -0.2) is 4.98 Å². The predicted octanol–water partition coefficient (Wildman–Crippen LogP) is 2.93. The fraction of sp³-hybridized carbons (Fsp3) is 0.375. The molecule has 1 N–H and O–H groups in total. The van der Waals surface area contributed by atoms with Crippen molar-refractivity contribution in [2.45, 2.75) is 26.9 Å². The lowest BCUT2D eigenvalue weighted by molar-refractivity contribution is 0.271. The number of nitrogens with one attached hydrogen (secondary N) is 1. The Labute approximate surface area is 120 Å². The van der Waals surface area contributed by atoms with Gasteiger partial charge in [-0.15, -0.1) is 0 Å². The summed E-state index contributed by atoms with van der Waals surface area (Å²) in [6.45, 7) is 8.02. The second-order valence-electron chi connectivity index (χ2n) is 4.74. The molecule has 0 spiro atoms. The van der Waals surface area contributed by atoms with Crippen LogP contribution in [0.15, 0.2) is 42.9 Å². The normalized spacial score (nSPS) is 10.8. The summed E-state index contributed by atoms with van der Waals surface area (Å²) in [7, 11) is 0. The molecule has 0 saturated heterocycles. The van der Waals surface area contributed by atoms with Crippen LogP contribution in [0.3, 0.4) is 0 Å². The Morgan fingerprint density at radius 3 is 2.35 bits per heavy atom. The first kappa shape index (κ1) is 14.5. The van der Waals surface area contributed by atoms with Gasteiger partial charge < -0.3 is 5.32 Å². The molecule has 2 rings (SSSR count). The van der Waals surface area contributed by atoms with Crippen molar-refractivity contribution in [3.63, 3.8) is 0 Å². The zero-order valence-corrected chi connectivity index (χ0v) is 12.2. The molecule has 0 radical (unpaired) electrons. The summed E-state index contributed by atoms with van der Waals surface area (Å²) in [5, 5.41) is 3.21. The number of hydrogen-bond acceptors (Lipinski definition) is 4. The van der Waals surface area contributed by atoms with Crippen LogP contribution in [0.5, 0.6) is 0 Å². The molecule has 0 aliphatic rings. The van der Waals surface area contributed by atoms with E-state index in [1.807, 2.05) is 24.7 Å². The van der Waals surface area contributed by atoms with Gasteiger partial charge in [-0.3, -0.25) is 9.88 Å². The molecule has 0 fully saturated rings. The van der Waals surface area contributed by atoms with Gasteiger partial charge in [0, 0.05) is 38.2 Å². The van der Waals surface area contributed by atoms with E-state index in [-0.39, 0.29) is 0 Å². The van der Waals surface area contributed by atoms with Gasteiger partial charge >= 0.3 is 0 Å². The summed E-state index contributed by atoms with van der Waals surface area (Å²) in [6, 6.07) is 8.31. The van der Waals surface area contributed by atoms with Crippen LogP contribution < -0.4 is 5.32 Å². The van der Waals surface area contributed by atoms with E-state index in [2.05, 4.69) is 52.2 Å². The standard InChI is InChI=1S/C16H22N4/c1-3-18-16-6-5-15(11-19-16)13-20(4-2)12-14-7-9-17-10-8-14/h5-11H,3-4,12-13H2,1-2H3,(H,18,19). The minimum Gasteiger partial charge on any atom is -0.370 e. The highest BCUT2D eigenvalue weighted by molar-refractivity contribution is 5.35. The number of aromatic nitrogens is 2. The maximum Gasteiger partial charge on any atom is 0.125 e. The van der Waals surface area contributed by atoms with Crippen LogP contribution in [-0.2, 0) is 13.1 Å². The molecule has 4 nitrogen and oxygen atoms in total. The van der Waals surface area contributed by atoms with Crippen LogP contribution in [0.2, 0.25) is 0 Å². The third-order valence-corrected chi connectivity index (χ3v) is 3.19. The summed E-state index contributed by atoms with van der Waals surface area (Å²) in [5.74, 6) is 0.938. The second-order valence-corrected chi connectivity index (χ2v) is 4.74. The van der Waals surface area contributed by atoms with Crippen molar-refractivity contribution in [3.05, 3.63) is 54.0 Å². The number of rotatable bonds is 7. The lowest BCUT2D eigenvalue weighted by Gasteiger charge is -2.20. The minimum absolute atomic E-state index is 0.898. The Morgan fingerprint density at radius 2 is 1.75 bits per heavy atom. The van der Waals surface area contributed by atoms with Crippen molar-refractivity contribution >= 4 is 5.82 Å². The van der Waals surface area contributed by atoms with Crippen LogP contribution in [0.4, 0.5) is 5.82 Å². The zero-order valence-electron chi connectivity index (χ0n) is 12.2.